The number of hydrogen-bond acceptors (Lipinski definition) is 5. The van der Waals surface area contributed by atoms with Crippen molar-refractivity contribution < 1.29 is 23.5 Å². The van der Waals surface area contributed by atoms with Crippen molar-refractivity contribution in [2.75, 3.05) is 14.2 Å². The van der Waals surface area contributed by atoms with E-state index in [0.717, 1.165) is 0 Å². The molecule has 0 saturated heterocycles. The van der Waals surface area contributed by atoms with Crippen molar-refractivity contribution in [1.82, 2.24) is 5.32 Å². The summed E-state index contributed by atoms with van der Waals surface area (Å²) in [5.41, 5.74) is 0.626. The van der Waals surface area contributed by atoms with Crippen LogP contribution in [0.1, 0.15) is 34.3 Å². The number of hydrogen-bond donors (Lipinski definition) is 1. The van der Waals surface area contributed by atoms with Crippen LogP contribution in [0.5, 0.6) is 0 Å². The molecular weight excluding hydrogens is 334 g/mol. The zero-order chi connectivity index (χ0) is 17.5. The molecule has 0 spiro atoms. The molecule has 1 N–H and O–H groups in total. The Morgan fingerprint density at radius 2 is 1.96 bits per heavy atom. The van der Waals surface area contributed by atoms with Crippen molar-refractivity contribution in [3.05, 3.63) is 58.5 Å². The van der Waals surface area contributed by atoms with Crippen LogP contribution >= 0.6 is 11.6 Å². The van der Waals surface area contributed by atoms with Gasteiger partial charge < -0.3 is 19.2 Å². The minimum Gasteiger partial charge on any atom is -0.469 e. The van der Waals surface area contributed by atoms with Gasteiger partial charge in [0.1, 0.15) is 12.4 Å². The molecule has 1 aromatic carbocycles. The number of methoxy groups -OCH3 is 2. The Morgan fingerprint density at radius 1 is 1.21 bits per heavy atom. The highest BCUT2D eigenvalue weighted by Gasteiger charge is 2.23. The van der Waals surface area contributed by atoms with E-state index in [2.05, 4.69) is 5.32 Å². The molecule has 2 rings (SSSR count). The summed E-state index contributed by atoms with van der Waals surface area (Å²) >= 11 is 6.18. The van der Waals surface area contributed by atoms with Crippen LogP contribution in [0.3, 0.4) is 0 Å². The van der Waals surface area contributed by atoms with Gasteiger partial charge in [-0.25, -0.2) is 0 Å². The second-order valence-electron chi connectivity index (χ2n) is 5.03. The highest BCUT2D eigenvalue weighted by Crippen LogP contribution is 2.26. The number of nitrogens with one attached hydrogen (secondary N) is 1. The number of ether oxygens (including phenoxy) is 2. The monoisotopic (exact) mass is 351 g/mol. The lowest BCUT2D eigenvalue weighted by molar-refractivity contribution is -0.141. The van der Waals surface area contributed by atoms with Crippen molar-refractivity contribution in [3.63, 3.8) is 0 Å². The largest absolute Gasteiger partial charge is 0.469 e. The number of rotatable bonds is 7. The Kier molecular flexibility index (Phi) is 6.40. The van der Waals surface area contributed by atoms with Crippen molar-refractivity contribution in [2.45, 2.75) is 19.1 Å². The smallest absolute Gasteiger partial charge is 0.307 e. The maximum absolute atomic E-state index is 12.4. The number of benzene rings is 1. The van der Waals surface area contributed by atoms with Crippen molar-refractivity contribution in [1.29, 1.82) is 0 Å². The fourth-order valence-corrected chi connectivity index (χ4v) is 2.46. The lowest BCUT2D eigenvalue weighted by Crippen LogP contribution is -2.30. The van der Waals surface area contributed by atoms with Crippen molar-refractivity contribution in [3.8, 4) is 0 Å². The van der Waals surface area contributed by atoms with Crippen LogP contribution < -0.4 is 5.32 Å². The molecule has 1 atom stereocenters. The van der Waals surface area contributed by atoms with Gasteiger partial charge in [-0.3, -0.25) is 9.59 Å². The van der Waals surface area contributed by atoms with E-state index in [1.807, 2.05) is 0 Å². The number of furan rings is 1. The number of carbonyl (C=O) groups excluding carboxylic acids is 2. The zero-order valence-electron chi connectivity index (χ0n) is 13.4. The first-order valence-electron chi connectivity index (χ1n) is 7.25. The average Bonchev–Trinajstić information content (AvgIpc) is 3.03. The van der Waals surface area contributed by atoms with Crippen molar-refractivity contribution in [2.24, 2.45) is 0 Å². The number of esters is 1. The molecule has 1 heterocycles. The van der Waals surface area contributed by atoms with Crippen molar-refractivity contribution >= 4 is 23.5 Å². The molecule has 0 fully saturated rings. The molecular formula is C17H18ClNO5. The number of halogens is 1. The summed E-state index contributed by atoms with van der Waals surface area (Å²) in [7, 11) is 2.82. The average molecular weight is 352 g/mol. The van der Waals surface area contributed by atoms with E-state index in [-0.39, 0.29) is 18.8 Å². The summed E-state index contributed by atoms with van der Waals surface area (Å²) in [5.74, 6) is -0.250. The van der Waals surface area contributed by atoms with Crippen LogP contribution in [0.25, 0.3) is 0 Å². The van der Waals surface area contributed by atoms with Gasteiger partial charge in [0.2, 0.25) is 0 Å². The summed E-state index contributed by atoms with van der Waals surface area (Å²) in [4.78, 5) is 24.0. The minimum absolute atomic E-state index is 0.0440. The van der Waals surface area contributed by atoms with Crippen LogP contribution in [0.15, 0.2) is 40.8 Å². The third-order valence-electron chi connectivity index (χ3n) is 3.36. The minimum atomic E-state index is -0.630. The maximum Gasteiger partial charge on any atom is 0.307 e. The van der Waals surface area contributed by atoms with Crippen LogP contribution in [0.2, 0.25) is 5.02 Å². The van der Waals surface area contributed by atoms with Gasteiger partial charge in [0.05, 0.1) is 19.6 Å². The van der Waals surface area contributed by atoms with E-state index in [4.69, 9.17) is 25.5 Å². The van der Waals surface area contributed by atoms with Gasteiger partial charge in [0.15, 0.2) is 5.76 Å². The molecule has 2 aromatic rings. The molecule has 128 valence electrons. The summed E-state index contributed by atoms with van der Waals surface area (Å²) in [5, 5.41) is 3.20. The number of amides is 1. The molecule has 1 aromatic heterocycles. The molecule has 24 heavy (non-hydrogen) atoms. The Morgan fingerprint density at radius 3 is 2.62 bits per heavy atom. The first-order chi connectivity index (χ1) is 11.5. The van der Waals surface area contributed by atoms with Crippen LogP contribution in [-0.2, 0) is 20.9 Å². The van der Waals surface area contributed by atoms with Gasteiger partial charge in [-0.1, -0.05) is 29.8 Å². The van der Waals surface area contributed by atoms with Crippen LogP contribution in [-0.4, -0.2) is 26.1 Å². The standard InChI is InChI=1S/C17H18ClNO5/c1-22-10-11-7-8-15(24-11)17(21)19-14(9-16(20)23-2)12-5-3-4-6-13(12)18/h3-8,14H,9-10H2,1-2H3,(H,19,21). The van der Waals surface area contributed by atoms with E-state index in [9.17, 15) is 9.59 Å². The SMILES string of the molecule is COCc1ccc(C(=O)NC(CC(=O)OC)c2ccccc2Cl)o1. The molecule has 1 amide bonds. The molecule has 1 unspecified atom stereocenters. The first kappa shape index (κ1) is 18.0. The lowest BCUT2D eigenvalue weighted by atomic mass is 10.0. The van der Waals surface area contributed by atoms with Gasteiger partial charge in [0, 0.05) is 12.1 Å². The summed E-state index contributed by atoms with van der Waals surface area (Å²) < 4.78 is 15.0. The van der Waals surface area contributed by atoms with Gasteiger partial charge in [-0.2, -0.15) is 0 Å². The molecule has 0 radical (unpaired) electrons. The number of carbonyl (C=O) groups is 2. The van der Waals surface area contributed by atoms with E-state index < -0.39 is 17.9 Å². The topological polar surface area (TPSA) is 77.8 Å². The molecule has 0 aliphatic heterocycles. The Bertz CT molecular complexity index is 713. The predicted octanol–water partition coefficient (Wildman–Crippen LogP) is 3.11. The quantitative estimate of drug-likeness (QED) is 0.775. The zero-order valence-corrected chi connectivity index (χ0v) is 14.1. The summed E-state index contributed by atoms with van der Waals surface area (Å²) in [6, 6.07) is 9.56. The second kappa shape index (κ2) is 8.52. The summed E-state index contributed by atoms with van der Waals surface area (Å²) in [6.07, 6.45) is -0.0440. The van der Waals surface area contributed by atoms with Gasteiger partial charge in [0.25, 0.3) is 5.91 Å². The Hall–Kier alpha value is -2.31. The lowest BCUT2D eigenvalue weighted by Gasteiger charge is -2.18. The third-order valence-corrected chi connectivity index (χ3v) is 3.70. The highest BCUT2D eigenvalue weighted by atomic mass is 35.5. The van der Waals surface area contributed by atoms with Crippen LogP contribution in [0, 0.1) is 0 Å². The molecule has 6 nitrogen and oxygen atoms in total. The Balaban J connectivity index is 2.19. The van der Waals surface area contributed by atoms with Gasteiger partial charge in [-0.15, -0.1) is 0 Å². The normalized spacial score (nSPS) is 11.8. The van der Waals surface area contributed by atoms with E-state index in [1.165, 1.54) is 14.2 Å². The van der Waals surface area contributed by atoms with Crippen LogP contribution in [0.4, 0.5) is 0 Å². The van der Waals surface area contributed by atoms with E-state index in [1.54, 1.807) is 36.4 Å². The summed E-state index contributed by atoms with van der Waals surface area (Å²) in [6.45, 7) is 0.267. The second-order valence-corrected chi connectivity index (χ2v) is 5.43. The Labute approximate surface area is 144 Å². The fourth-order valence-electron chi connectivity index (χ4n) is 2.20. The molecule has 0 bridgehead atoms. The molecule has 0 aliphatic carbocycles. The van der Waals surface area contributed by atoms with E-state index >= 15 is 0 Å². The maximum atomic E-state index is 12.4. The van der Waals surface area contributed by atoms with Gasteiger partial charge in [-0.05, 0) is 23.8 Å². The van der Waals surface area contributed by atoms with Gasteiger partial charge >= 0.3 is 5.97 Å². The predicted molar refractivity (Wildman–Crippen MR) is 87.7 cm³/mol. The molecule has 0 aliphatic rings. The molecule has 0 saturated carbocycles. The fraction of sp³-hybridized carbons (Fsp3) is 0.294. The van der Waals surface area contributed by atoms with E-state index in [0.29, 0.717) is 16.3 Å². The highest BCUT2D eigenvalue weighted by molar-refractivity contribution is 6.31. The first-order valence-corrected chi connectivity index (χ1v) is 7.62. The molecule has 7 heteroatoms. The third kappa shape index (κ3) is 4.59.